The number of fused-ring (bicyclic) bond motifs is 6. The molecule has 2 aliphatic heterocycles. The minimum atomic E-state index is -1.16. The van der Waals surface area contributed by atoms with Crippen molar-refractivity contribution in [1.29, 1.82) is 0 Å². The van der Waals surface area contributed by atoms with Gasteiger partial charge in [-0.25, -0.2) is 4.99 Å². The molecule has 8 heteroatoms. The Morgan fingerprint density at radius 2 is 2.10 bits per heavy atom. The van der Waals surface area contributed by atoms with Gasteiger partial charge in [0.2, 0.25) is 5.72 Å². The molecule has 0 radical (unpaired) electrons. The number of furan rings is 1. The van der Waals surface area contributed by atoms with Gasteiger partial charge in [-0.15, -0.1) is 0 Å². The number of nitrogens with zero attached hydrogens (tertiary/aromatic N) is 2. The fraction of sp³-hybridized carbons (Fsp3) is 0.286. The molecule has 7 nitrogen and oxygen atoms in total. The Morgan fingerprint density at radius 3 is 2.83 bits per heavy atom. The van der Waals surface area contributed by atoms with Gasteiger partial charge in [-0.05, 0) is 32.0 Å². The lowest BCUT2D eigenvalue weighted by Gasteiger charge is -2.44. The van der Waals surface area contributed by atoms with Crippen LogP contribution in [-0.4, -0.2) is 23.4 Å². The third-order valence-electron chi connectivity index (χ3n) is 5.37. The van der Waals surface area contributed by atoms with E-state index in [1.807, 2.05) is 43.3 Å². The van der Waals surface area contributed by atoms with Crippen LogP contribution in [0.4, 0.5) is 0 Å². The van der Waals surface area contributed by atoms with Crippen molar-refractivity contribution in [3.05, 3.63) is 73.2 Å². The molecule has 0 saturated heterocycles. The second kappa shape index (κ2) is 6.18. The van der Waals surface area contributed by atoms with E-state index in [2.05, 4.69) is 4.99 Å². The summed E-state index contributed by atoms with van der Waals surface area (Å²) in [6, 6.07) is 10.5. The number of methoxy groups -OCH3 is 1. The van der Waals surface area contributed by atoms with Crippen LogP contribution in [0.2, 0.25) is 0 Å². The first kappa shape index (κ1) is 17.9. The average Bonchev–Trinajstić information content (AvgIpc) is 3.23. The predicted octanol–water partition coefficient (Wildman–Crippen LogP) is 1.76. The Labute approximate surface area is 169 Å². The third-order valence-corrected chi connectivity index (χ3v) is 6.35. The Morgan fingerprint density at radius 1 is 1.31 bits per heavy atom. The van der Waals surface area contributed by atoms with E-state index >= 15 is 0 Å². The van der Waals surface area contributed by atoms with Crippen LogP contribution < -0.4 is 19.6 Å². The standard InChI is InChI=1S/C21H18N2O5S/c1-11-8-9-12(27-11)10-15-18(24)23-17-13-6-4-5-7-14(13)28-21(2,22-20(23)29-15)16(17)19(25)26-3/h4-10,16-17H,1-3H3. The lowest BCUT2D eigenvalue weighted by Crippen LogP contribution is -2.58. The molecule has 0 amide bonds. The highest BCUT2D eigenvalue weighted by atomic mass is 32.1. The van der Waals surface area contributed by atoms with Crippen molar-refractivity contribution in [1.82, 2.24) is 4.57 Å². The zero-order chi connectivity index (χ0) is 20.3. The van der Waals surface area contributed by atoms with Gasteiger partial charge in [-0.1, -0.05) is 29.5 Å². The summed E-state index contributed by atoms with van der Waals surface area (Å²) in [6.45, 7) is 3.60. The number of ether oxygens (including phenoxy) is 2. The Bertz CT molecular complexity index is 1320. The molecule has 5 rings (SSSR count). The van der Waals surface area contributed by atoms with Gasteiger partial charge in [0, 0.05) is 11.6 Å². The summed E-state index contributed by atoms with van der Waals surface area (Å²) in [5.41, 5.74) is -0.626. The van der Waals surface area contributed by atoms with E-state index in [0.29, 0.717) is 20.8 Å². The van der Waals surface area contributed by atoms with Gasteiger partial charge in [-0.3, -0.25) is 14.2 Å². The number of para-hydroxylation sites is 1. The number of rotatable bonds is 2. The van der Waals surface area contributed by atoms with Crippen molar-refractivity contribution >= 4 is 23.4 Å². The average molecular weight is 410 g/mol. The molecule has 3 atom stereocenters. The first-order valence-corrected chi connectivity index (χ1v) is 9.98. The molecule has 0 spiro atoms. The van der Waals surface area contributed by atoms with Gasteiger partial charge in [-0.2, -0.15) is 0 Å². The molecule has 2 aromatic heterocycles. The molecular weight excluding hydrogens is 392 g/mol. The first-order valence-electron chi connectivity index (χ1n) is 9.16. The monoisotopic (exact) mass is 410 g/mol. The second-order valence-electron chi connectivity index (χ2n) is 7.27. The van der Waals surface area contributed by atoms with Crippen molar-refractivity contribution in [2.24, 2.45) is 10.9 Å². The van der Waals surface area contributed by atoms with Gasteiger partial charge in [0.1, 0.15) is 23.2 Å². The van der Waals surface area contributed by atoms with Crippen LogP contribution in [0.3, 0.4) is 0 Å². The van der Waals surface area contributed by atoms with Crippen molar-refractivity contribution in [3.8, 4) is 5.75 Å². The smallest absolute Gasteiger partial charge is 0.317 e. The van der Waals surface area contributed by atoms with Crippen LogP contribution in [0.15, 0.2) is 50.6 Å². The molecule has 3 unspecified atom stereocenters. The van der Waals surface area contributed by atoms with E-state index in [9.17, 15) is 9.59 Å². The topological polar surface area (TPSA) is 83.0 Å². The SMILES string of the molecule is COC(=O)C1C2c3ccccc3OC1(C)N=c1sc(=Cc3ccc(C)o3)c(=O)n12. The molecule has 0 N–H and O–H groups in total. The van der Waals surface area contributed by atoms with Gasteiger partial charge < -0.3 is 13.9 Å². The number of aryl methyl sites for hydroxylation is 1. The molecule has 148 valence electrons. The first-order chi connectivity index (χ1) is 13.9. The third kappa shape index (κ3) is 2.59. The number of hydrogen-bond donors (Lipinski definition) is 0. The van der Waals surface area contributed by atoms with Gasteiger partial charge in [0.15, 0.2) is 4.80 Å². The molecule has 29 heavy (non-hydrogen) atoms. The minimum absolute atomic E-state index is 0.222. The zero-order valence-electron chi connectivity index (χ0n) is 16.0. The van der Waals surface area contributed by atoms with Gasteiger partial charge in [0.25, 0.3) is 5.56 Å². The van der Waals surface area contributed by atoms with Crippen molar-refractivity contribution in [2.45, 2.75) is 25.6 Å². The molecular formula is C21H18N2O5S. The summed E-state index contributed by atoms with van der Waals surface area (Å²) in [5, 5.41) is 0. The lowest BCUT2D eigenvalue weighted by molar-refractivity contribution is -0.158. The van der Waals surface area contributed by atoms with E-state index in [1.165, 1.54) is 18.4 Å². The quantitative estimate of drug-likeness (QED) is 0.601. The molecule has 1 aromatic carbocycles. The maximum atomic E-state index is 13.3. The fourth-order valence-corrected chi connectivity index (χ4v) is 5.17. The lowest BCUT2D eigenvalue weighted by atomic mass is 9.81. The summed E-state index contributed by atoms with van der Waals surface area (Å²) in [6.07, 6.45) is 1.70. The van der Waals surface area contributed by atoms with Crippen LogP contribution >= 0.6 is 11.3 Å². The van der Waals surface area contributed by atoms with Crippen LogP contribution in [0.5, 0.6) is 5.75 Å². The van der Waals surface area contributed by atoms with Crippen molar-refractivity contribution in [3.63, 3.8) is 0 Å². The van der Waals surface area contributed by atoms with Crippen molar-refractivity contribution in [2.75, 3.05) is 7.11 Å². The molecule has 4 heterocycles. The van der Waals surface area contributed by atoms with Crippen LogP contribution in [0.25, 0.3) is 6.08 Å². The highest BCUT2D eigenvalue weighted by Crippen LogP contribution is 2.47. The predicted molar refractivity (Wildman–Crippen MR) is 105 cm³/mol. The fourth-order valence-electron chi connectivity index (χ4n) is 4.09. The van der Waals surface area contributed by atoms with Crippen LogP contribution in [0.1, 0.15) is 30.0 Å². The number of aromatic nitrogens is 1. The van der Waals surface area contributed by atoms with Gasteiger partial charge in [0.05, 0.1) is 17.7 Å². The molecule has 0 fully saturated rings. The molecule has 2 bridgehead atoms. The van der Waals surface area contributed by atoms with E-state index in [4.69, 9.17) is 13.9 Å². The zero-order valence-corrected chi connectivity index (χ0v) is 16.9. The van der Waals surface area contributed by atoms with E-state index in [0.717, 1.165) is 11.3 Å². The van der Waals surface area contributed by atoms with E-state index in [-0.39, 0.29) is 5.56 Å². The van der Waals surface area contributed by atoms with Crippen LogP contribution in [0, 0.1) is 12.8 Å². The highest BCUT2D eigenvalue weighted by Gasteiger charge is 2.55. The molecule has 3 aromatic rings. The highest BCUT2D eigenvalue weighted by molar-refractivity contribution is 7.07. The molecule has 2 aliphatic rings. The number of esters is 1. The van der Waals surface area contributed by atoms with Crippen LogP contribution in [-0.2, 0) is 9.53 Å². The van der Waals surface area contributed by atoms with E-state index < -0.39 is 23.7 Å². The van der Waals surface area contributed by atoms with Gasteiger partial charge >= 0.3 is 5.97 Å². The molecule has 0 aliphatic carbocycles. The molecule has 0 saturated carbocycles. The summed E-state index contributed by atoms with van der Waals surface area (Å²) >= 11 is 1.25. The summed E-state index contributed by atoms with van der Waals surface area (Å²) in [7, 11) is 1.33. The maximum absolute atomic E-state index is 13.3. The van der Waals surface area contributed by atoms with Crippen molar-refractivity contribution < 1.29 is 18.7 Å². The Hall–Kier alpha value is -3.13. The summed E-state index contributed by atoms with van der Waals surface area (Å²) in [4.78, 5) is 31.3. The summed E-state index contributed by atoms with van der Waals surface area (Å²) in [5.74, 6) is 0.723. The number of hydrogen-bond acceptors (Lipinski definition) is 7. The Kier molecular flexibility index (Phi) is 3.82. The largest absolute Gasteiger partial charge is 0.469 e. The van der Waals surface area contributed by atoms with E-state index in [1.54, 1.807) is 17.6 Å². The minimum Gasteiger partial charge on any atom is -0.469 e. The Balaban J connectivity index is 1.81. The normalized spacial score (nSPS) is 24.9. The maximum Gasteiger partial charge on any atom is 0.317 e. The number of thiazole rings is 1. The second-order valence-corrected chi connectivity index (χ2v) is 8.28. The number of carbonyl (C=O) groups is 1. The summed E-state index contributed by atoms with van der Waals surface area (Å²) < 4.78 is 18.9. The number of carbonyl (C=O) groups excluding carboxylic acids is 1. The number of benzene rings is 1.